The third kappa shape index (κ3) is 6.68. The normalized spacial score (nSPS) is 14.4. The van der Waals surface area contributed by atoms with Gasteiger partial charge in [-0.2, -0.15) is 0 Å². The Bertz CT molecular complexity index is 699. The Kier molecular flexibility index (Phi) is 7.98. The van der Waals surface area contributed by atoms with Crippen LogP contribution in [0.3, 0.4) is 0 Å². The maximum Gasteiger partial charge on any atom is 0.306 e. The van der Waals surface area contributed by atoms with E-state index in [9.17, 15) is 19.2 Å². The van der Waals surface area contributed by atoms with Crippen molar-refractivity contribution < 1.29 is 24.3 Å². The fourth-order valence-electron chi connectivity index (χ4n) is 3.11. The van der Waals surface area contributed by atoms with Crippen molar-refractivity contribution in [3.63, 3.8) is 0 Å². The lowest BCUT2D eigenvalue weighted by atomic mass is 9.97. The predicted octanol–water partition coefficient (Wildman–Crippen LogP) is 0.517. The number of piperidine rings is 1. The molecule has 2 N–H and O–H groups in total. The minimum atomic E-state index is -0.825. The van der Waals surface area contributed by atoms with Crippen molar-refractivity contribution in [2.75, 3.05) is 33.2 Å². The highest BCUT2D eigenvalue weighted by Gasteiger charge is 2.27. The van der Waals surface area contributed by atoms with Crippen molar-refractivity contribution in [1.82, 2.24) is 15.1 Å². The van der Waals surface area contributed by atoms with Gasteiger partial charge in [0.1, 0.15) is 0 Å². The van der Waals surface area contributed by atoms with Crippen LogP contribution in [0.5, 0.6) is 0 Å². The maximum absolute atomic E-state index is 12.3. The monoisotopic (exact) mass is 389 g/mol. The Morgan fingerprint density at radius 3 is 2.39 bits per heavy atom. The molecule has 2 rings (SSSR count). The van der Waals surface area contributed by atoms with Gasteiger partial charge in [-0.1, -0.05) is 30.3 Å². The fourth-order valence-corrected chi connectivity index (χ4v) is 3.11. The van der Waals surface area contributed by atoms with Crippen molar-refractivity contribution >= 4 is 23.7 Å². The summed E-state index contributed by atoms with van der Waals surface area (Å²) < 4.78 is 0. The van der Waals surface area contributed by atoms with Crippen LogP contribution in [0.4, 0.5) is 0 Å². The van der Waals surface area contributed by atoms with Gasteiger partial charge in [0.05, 0.1) is 18.9 Å². The summed E-state index contributed by atoms with van der Waals surface area (Å²) in [5, 5.41) is 11.7. The summed E-state index contributed by atoms with van der Waals surface area (Å²) in [7, 11) is 1.55. The molecule has 1 aliphatic rings. The van der Waals surface area contributed by atoms with Crippen molar-refractivity contribution in [1.29, 1.82) is 0 Å². The van der Waals surface area contributed by atoms with Gasteiger partial charge < -0.3 is 20.2 Å². The second-order valence-corrected chi connectivity index (χ2v) is 7.01. The van der Waals surface area contributed by atoms with Gasteiger partial charge in [0.15, 0.2) is 0 Å². The molecule has 0 bridgehead atoms. The van der Waals surface area contributed by atoms with E-state index in [0.29, 0.717) is 25.9 Å². The van der Waals surface area contributed by atoms with E-state index in [1.165, 1.54) is 4.90 Å². The number of carbonyl (C=O) groups excluding carboxylic acids is 3. The minimum Gasteiger partial charge on any atom is -0.481 e. The van der Waals surface area contributed by atoms with Gasteiger partial charge in [0, 0.05) is 33.1 Å². The van der Waals surface area contributed by atoms with Crippen LogP contribution in [0.1, 0.15) is 24.8 Å². The molecule has 0 aliphatic carbocycles. The Labute approximate surface area is 164 Å². The number of carboxylic acids is 1. The molecule has 1 fully saturated rings. The Balaban J connectivity index is 1.66. The molecule has 1 heterocycles. The van der Waals surface area contributed by atoms with E-state index in [2.05, 4.69) is 5.32 Å². The van der Waals surface area contributed by atoms with Crippen LogP contribution in [-0.4, -0.2) is 71.8 Å². The van der Waals surface area contributed by atoms with Gasteiger partial charge in [-0.15, -0.1) is 0 Å². The number of nitrogens with one attached hydrogen (secondary N) is 1. The molecule has 3 amide bonds. The summed E-state index contributed by atoms with van der Waals surface area (Å²) in [6, 6.07) is 9.34. The standard InChI is InChI=1S/C20H27N3O5/c1-22(14-19(26)23-11-8-16(9-12-23)20(27)28)18(25)7-10-21-17(24)13-15-5-3-2-4-6-15/h2-6,16H,7-14H2,1H3,(H,21,24)(H,27,28). The summed E-state index contributed by atoms with van der Waals surface area (Å²) in [6.07, 6.45) is 1.25. The molecule has 1 aromatic rings. The SMILES string of the molecule is CN(CC(=O)N1CCC(C(=O)O)CC1)C(=O)CCNC(=O)Cc1ccccc1. The number of rotatable bonds is 8. The highest BCUT2D eigenvalue weighted by atomic mass is 16.4. The number of carbonyl (C=O) groups is 4. The lowest BCUT2D eigenvalue weighted by Crippen LogP contribution is -2.45. The lowest BCUT2D eigenvalue weighted by Gasteiger charge is -2.31. The number of amides is 3. The van der Waals surface area contributed by atoms with Crippen molar-refractivity contribution in [2.45, 2.75) is 25.7 Å². The Morgan fingerprint density at radius 2 is 1.79 bits per heavy atom. The number of benzene rings is 1. The van der Waals surface area contributed by atoms with Gasteiger partial charge in [-0.05, 0) is 18.4 Å². The van der Waals surface area contributed by atoms with Crippen LogP contribution in [0.15, 0.2) is 30.3 Å². The number of carboxylic acid groups (broad SMARTS) is 1. The first kappa shape index (κ1) is 21.4. The Morgan fingerprint density at radius 1 is 1.14 bits per heavy atom. The smallest absolute Gasteiger partial charge is 0.306 e. The molecular formula is C20H27N3O5. The number of nitrogens with zero attached hydrogens (tertiary/aromatic N) is 2. The van der Waals surface area contributed by atoms with Gasteiger partial charge in [-0.3, -0.25) is 19.2 Å². The molecule has 0 radical (unpaired) electrons. The number of hydrogen-bond donors (Lipinski definition) is 2. The van der Waals surface area contributed by atoms with Crippen LogP contribution in [0.2, 0.25) is 0 Å². The second-order valence-electron chi connectivity index (χ2n) is 7.01. The second kappa shape index (κ2) is 10.4. The molecule has 0 atom stereocenters. The molecule has 0 aromatic heterocycles. The first-order valence-electron chi connectivity index (χ1n) is 9.42. The zero-order valence-corrected chi connectivity index (χ0v) is 16.1. The molecule has 8 nitrogen and oxygen atoms in total. The van der Waals surface area contributed by atoms with Gasteiger partial charge in [0.25, 0.3) is 0 Å². The molecule has 152 valence electrons. The quantitative estimate of drug-likeness (QED) is 0.674. The van der Waals surface area contributed by atoms with E-state index in [4.69, 9.17) is 5.11 Å². The molecule has 1 aromatic carbocycles. The minimum absolute atomic E-state index is 0.0471. The van der Waals surface area contributed by atoms with E-state index in [1.54, 1.807) is 11.9 Å². The van der Waals surface area contributed by atoms with Crippen LogP contribution in [-0.2, 0) is 25.6 Å². The van der Waals surface area contributed by atoms with E-state index < -0.39 is 11.9 Å². The molecule has 1 saturated heterocycles. The predicted molar refractivity (Wildman–Crippen MR) is 102 cm³/mol. The third-order valence-corrected chi connectivity index (χ3v) is 4.86. The maximum atomic E-state index is 12.3. The van der Waals surface area contributed by atoms with E-state index >= 15 is 0 Å². The molecule has 0 saturated carbocycles. The average Bonchev–Trinajstić information content (AvgIpc) is 2.68. The van der Waals surface area contributed by atoms with Crippen molar-refractivity contribution in [2.24, 2.45) is 5.92 Å². The number of likely N-dealkylation sites (N-methyl/N-ethyl adjacent to an activating group) is 1. The van der Waals surface area contributed by atoms with Gasteiger partial charge in [0.2, 0.25) is 17.7 Å². The summed E-state index contributed by atoms with van der Waals surface area (Å²) >= 11 is 0. The topological polar surface area (TPSA) is 107 Å². The van der Waals surface area contributed by atoms with E-state index in [-0.39, 0.29) is 43.7 Å². The highest BCUT2D eigenvalue weighted by Crippen LogP contribution is 2.17. The number of hydrogen-bond acceptors (Lipinski definition) is 4. The summed E-state index contributed by atoms with van der Waals surface area (Å²) in [5.41, 5.74) is 0.903. The molecular weight excluding hydrogens is 362 g/mol. The molecule has 28 heavy (non-hydrogen) atoms. The van der Waals surface area contributed by atoms with Crippen molar-refractivity contribution in [3.05, 3.63) is 35.9 Å². The molecule has 0 unspecified atom stereocenters. The summed E-state index contributed by atoms with van der Waals surface area (Å²) in [6.45, 7) is 0.961. The molecule has 8 heteroatoms. The number of aliphatic carboxylic acids is 1. The third-order valence-electron chi connectivity index (χ3n) is 4.86. The zero-order chi connectivity index (χ0) is 20.5. The Hall–Kier alpha value is -2.90. The van der Waals surface area contributed by atoms with E-state index in [1.807, 2.05) is 30.3 Å². The van der Waals surface area contributed by atoms with Crippen LogP contribution in [0.25, 0.3) is 0 Å². The van der Waals surface area contributed by atoms with Gasteiger partial charge in [-0.25, -0.2) is 0 Å². The van der Waals surface area contributed by atoms with Crippen LogP contribution >= 0.6 is 0 Å². The zero-order valence-electron chi connectivity index (χ0n) is 16.1. The number of likely N-dealkylation sites (tertiary alicyclic amines) is 1. The first-order valence-corrected chi connectivity index (χ1v) is 9.42. The van der Waals surface area contributed by atoms with Crippen LogP contribution < -0.4 is 5.32 Å². The lowest BCUT2D eigenvalue weighted by molar-refractivity contribution is -0.146. The molecule has 0 spiro atoms. The first-order chi connectivity index (χ1) is 13.4. The fraction of sp³-hybridized carbons (Fsp3) is 0.500. The highest BCUT2D eigenvalue weighted by molar-refractivity contribution is 5.85. The summed E-state index contributed by atoms with van der Waals surface area (Å²) in [5.74, 6) is -1.79. The van der Waals surface area contributed by atoms with Crippen molar-refractivity contribution in [3.8, 4) is 0 Å². The average molecular weight is 389 g/mol. The largest absolute Gasteiger partial charge is 0.481 e. The van der Waals surface area contributed by atoms with Crippen LogP contribution in [0, 0.1) is 5.92 Å². The van der Waals surface area contributed by atoms with E-state index in [0.717, 1.165) is 5.56 Å². The summed E-state index contributed by atoms with van der Waals surface area (Å²) in [4.78, 5) is 50.2. The van der Waals surface area contributed by atoms with Gasteiger partial charge >= 0.3 is 5.97 Å². The molecule has 1 aliphatic heterocycles.